The monoisotopic (exact) mass is 408 g/mol. The van der Waals surface area contributed by atoms with E-state index in [1.807, 2.05) is 68.4 Å². The summed E-state index contributed by atoms with van der Waals surface area (Å²) in [4.78, 5) is 35.3. The summed E-state index contributed by atoms with van der Waals surface area (Å²) < 4.78 is 0. The Morgan fingerprint density at radius 1 is 1.20 bits per heavy atom. The van der Waals surface area contributed by atoms with Crippen LogP contribution in [0.3, 0.4) is 0 Å². The summed E-state index contributed by atoms with van der Waals surface area (Å²) >= 11 is 0. The first kappa shape index (κ1) is 21.3. The van der Waals surface area contributed by atoms with Crippen LogP contribution in [0.25, 0.3) is 0 Å². The van der Waals surface area contributed by atoms with Crippen molar-refractivity contribution in [1.29, 1.82) is 0 Å². The highest BCUT2D eigenvalue weighted by Crippen LogP contribution is 2.27. The lowest BCUT2D eigenvalue weighted by Crippen LogP contribution is -2.51. The van der Waals surface area contributed by atoms with Gasteiger partial charge in [-0.2, -0.15) is 0 Å². The number of aliphatic imine (C=N–C) groups is 1. The molecule has 0 aliphatic carbocycles. The Morgan fingerprint density at radius 3 is 2.60 bits per heavy atom. The van der Waals surface area contributed by atoms with Gasteiger partial charge >= 0.3 is 6.03 Å². The van der Waals surface area contributed by atoms with Gasteiger partial charge in [0.25, 0.3) is 5.91 Å². The third-order valence-electron chi connectivity index (χ3n) is 4.94. The van der Waals surface area contributed by atoms with Crippen LogP contribution < -0.4 is 20.9 Å². The zero-order valence-corrected chi connectivity index (χ0v) is 17.8. The second-order valence-corrected chi connectivity index (χ2v) is 7.54. The molecule has 0 saturated carbocycles. The highest BCUT2D eigenvalue weighted by atomic mass is 16.2. The lowest BCUT2D eigenvalue weighted by Gasteiger charge is -2.28. The predicted octanol–water partition coefficient (Wildman–Crippen LogP) is 1.78. The molecule has 3 amide bonds. The van der Waals surface area contributed by atoms with Crippen LogP contribution in [0.2, 0.25) is 0 Å². The number of benzene rings is 2. The minimum Gasteiger partial charge on any atom is -0.368 e. The van der Waals surface area contributed by atoms with Gasteiger partial charge in [0.05, 0.1) is 5.69 Å². The van der Waals surface area contributed by atoms with E-state index in [4.69, 9.17) is 10.7 Å². The van der Waals surface area contributed by atoms with Crippen LogP contribution in [-0.4, -0.2) is 63.1 Å². The van der Waals surface area contributed by atoms with Crippen molar-refractivity contribution in [2.24, 2.45) is 10.7 Å². The SMILES string of the molecule is Cc1cccc(N(C(N)=O)[C@H]2N=C(NCCN(C)C)c3ccccc3N(C)C2=O)c1. The summed E-state index contributed by atoms with van der Waals surface area (Å²) in [5.41, 5.74) is 8.70. The maximum atomic E-state index is 13.4. The minimum atomic E-state index is -1.12. The number of nitrogens with one attached hydrogen (secondary N) is 1. The van der Waals surface area contributed by atoms with E-state index in [0.29, 0.717) is 18.1 Å². The number of likely N-dealkylation sites (N-methyl/N-ethyl adjacent to an activating group) is 2. The number of urea groups is 1. The Labute approximate surface area is 177 Å². The molecular weight excluding hydrogens is 380 g/mol. The second kappa shape index (κ2) is 8.96. The molecule has 158 valence electrons. The van der Waals surface area contributed by atoms with E-state index in [0.717, 1.165) is 23.4 Å². The van der Waals surface area contributed by atoms with Crippen LogP contribution in [0.4, 0.5) is 16.2 Å². The summed E-state index contributed by atoms with van der Waals surface area (Å²) in [6.45, 7) is 3.33. The summed E-state index contributed by atoms with van der Waals surface area (Å²) in [5.74, 6) is 0.209. The van der Waals surface area contributed by atoms with Gasteiger partial charge in [0, 0.05) is 31.4 Å². The van der Waals surface area contributed by atoms with E-state index in [1.165, 1.54) is 9.80 Å². The van der Waals surface area contributed by atoms with Gasteiger partial charge in [-0.1, -0.05) is 24.3 Å². The molecule has 0 bridgehead atoms. The Kier molecular flexibility index (Phi) is 6.37. The van der Waals surface area contributed by atoms with Crippen LogP contribution in [0, 0.1) is 6.92 Å². The van der Waals surface area contributed by atoms with Crippen molar-refractivity contribution in [1.82, 2.24) is 10.2 Å². The van der Waals surface area contributed by atoms with Gasteiger partial charge < -0.3 is 20.9 Å². The molecule has 1 aliphatic heterocycles. The van der Waals surface area contributed by atoms with Crippen LogP contribution in [-0.2, 0) is 4.79 Å². The zero-order chi connectivity index (χ0) is 21.8. The topological polar surface area (TPSA) is 94.3 Å². The van der Waals surface area contributed by atoms with E-state index in [2.05, 4.69) is 5.32 Å². The maximum absolute atomic E-state index is 13.4. The van der Waals surface area contributed by atoms with E-state index in [-0.39, 0.29) is 5.91 Å². The van der Waals surface area contributed by atoms with Gasteiger partial charge in [-0.3, -0.25) is 9.69 Å². The first-order valence-corrected chi connectivity index (χ1v) is 9.78. The lowest BCUT2D eigenvalue weighted by molar-refractivity contribution is -0.119. The number of amidine groups is 1. The number of hydrogen-bond acceptors (Lipinski definition) is 5. The number of aryl methyl sites for hydroxylation is 1. The summed E-state index contributed by atoms with van der Waals surface area (Å²) in [5, 5.41) is 3.33. The van der Waals surface area contributed by atoms with Crippen LogP contribution >= 0.6 is 0 Å². The van der Waals surface area contributed by atoms with Crippen molar-refractivity contribution in [2.45, 2.75) is 13.1 Å². The molecule has 0 unspecified atom stereocenters. The molecule has 1 heterocycles. The van der Waals surface area contributed by atoms with Crippen molar-refractivity contribution in [3.8, 4) is 0 Å². The fourth-order valence-electron chi connectivity index (χ4n) is 3.38. The normalized spacial score (nSPS) is 16.0. The van der Waals surface area contributed by atoms with Crippen molar-refractivity contribution in [3.63, 3.8) is 0 Å². The van der Waals surface area contributed by atoms with Crippen molar-refractivity contribution in [2.75, 3.05) is 44.0 Å². The molecule has 8 heteroatoms. The van der Waals surface area contributed by atoms with E-state index in [9.17, 15) is 9.59 Å². The molecule has 0 aromatic heterocycles. The van der Waals surface area contributed by atoms with Gasteiger partial charge in [-0.05, 0) is 50.8 Å². The summed E-state index contributed by atoms with van der Waals surface area (Å²) in [6.07, 6.45) is -1.12. The van der Waals surface area contributed by atoms with Gasteiger partial charge in [0.15, 0.2) is 0 Å². The number of nitrogens with two attached hydrogens (primary N) is 1. The number of benzodiazepines with no additional fused rings is 1. The van der Waals surface area contributed by atoms with Gasteiger partial charge in [0.2, 0.25) is 6.17 Å². The lowest BCUT2D eigenvalue weighted by atomic mass is 10.1. The molecular formula is C22H28N6O2. The average molecular weight is 409 g/mol. The Bertz CT molecular complexity index is 972. The van der Waals surface area contributed by atoms with E-state index < -0.39 is 12.2 Å². The molecule has 0 radical (unpaired) electrons. The summed E-state index contributed by atoms with van der Waals surface area (Å²) in [7, 11) is 5.65. The number of anilines is 2. The number of carbonyl (C=O) groups excluding carboxylic acids is 2. The van der Waals surface area contributed by atoms with E-state index >= 15 is 0 Å². The molecule has 3 rings (SSSR count). The van der Waals surface area contributed by atoms with Crippen molar-refractivity contribution < 1.29 is 9.59 Å². The third-order valence-corrected chi connectivity index (χ3v) is 4.94. The quantitative estimate of drug-likeness (QED) is 0.789. The van der Waals surface area contributed by atoms with Gasteiger partial charge in [-0.15, -0.1) is 0 Å². The molecule has 2 aromatic carbocycles. The first-order valence-electron chi connectivity index (χ1n) is 9.78. The van der Waals surface area contributed by atoms with Crippen LogP contribution in [0.1, 0.15) is 11.1 Å². The highest BCUT2D eigenvalue weighted by Gasteiger charge is 2.36. The Morgan fingerprint density at radius 2 is 1.93 bits per heavy atom. The number of fused-ring (bicyclic) bond motifs is 1. The number of primary amides is 1. The summed E-state index contributed by atoms with van der Waals surface area (Å²) in [6, 6.07) is 14.1. The van der Waals surface area contributed by atoms with Crippen LogP contribution in [0.5, 0.6) is 0 Å². The number of carbonyl (C=O) groups is 2. The van der Waals surface area contributed by atoms with E-state index in [1.54, 1.807) is 13.1 Å². The molecule has 2 aromatic rings. The second-order valence-electron chi connectivity index (χ2n) is 7.54. The molecule has 1 atom stereocenters. The molecule has 3 N–H and O–H groups in total. The van der Waals surface area contributed by atoms with Crippen molar-refractivity contribution >= 4 is 29.1 Å². The fraction of sp³-hybridized carbons (Fsp3) is 0.318. The standard InChI is InChI=1S/C22H28N6O2/c1-15-8-7-9-16(14-15)28(22(23)30)20-21(29)27(4)18-11-6-5-10-17(18)19(25-20)24-12-13-26(2)3/h5-11,14,20H,12-13H2,1-4H3,(H2,23,30)(H,24,25)/t20-/m1/s1. The third kappa shape index (κ3) is 4.44. The largest absolute Gasteiger partial charge is 0.368 e. The molecule has 30 heavy (non-hydrogen) atoms. The minimum absolute atomic E-state index is 0.341. The van der Waals surface area contributed by atoms with Gasteiger partial charge in [0.1, 0.15) is 5.84 Å². The maximum Gasteiger partial charge on any atom is 0.321 e. The number of amides is 3. The molecule has 1 aliphatic rings. The molecule has 0 fully saturated rings. The first-order chi connectivity index (χ1) is 14.3. The Hall–Kier alpha value is -3.39. The average Bonchev–Trinajstić information content (AvgIpc) is 2.79. The molecule has 0 spiro atoms. The Balaban J connectivity index is 2.10. The molecule has 8 nitrogen and oxygen atoms in total. The number of para-hydroxylation sites is 1. The zero-order valence-electron chi connectivity index (χ0n) is 17.8. The number of rotatable bonds is 5. The van der Waals surface area contributed by atoms with Crippen LogP contribution in [0.15, 0.2) is 53.5 Å². The number of nitrogens with zero attached hydrogens (tertiary/aromatic N) is 4. The van der Waals surface area contributed by atoms with Gasteiger partial charge in [-0.25, -0.2) is 9.79 Å². The fourth-order valence-corrected chi connectivity index (χ4v) is 3.38. The number of hydrogen-bond donors (Lipinski definition) is 2. The molecule has 0 saturated heterocycles. The highest BCUT2D eigenvalue weighted by molar-refractivity contribution is 6.14. The smallest absolute Gasteiger partial charge is 0.321 e. The van der Waals surface area contributed by atoms with Crippen molar-refractivity contribution in [3.05, 3.63) is 59.7 Å². The predicted molar refractivity (Wildman–Crippen MR) is 120 cm³/mol.